The molecule has 4 nitrogen and oxygen atoms in total. The maximum atomic E-state index is 11.3. The first kappa shape index (κ1) is 8.49. The summed E-state index contributed by atoms with van der Waals surface area (Å²) >= 11 is 0. The minimum atomic E-state index is -0.0810. The summed E-state index contributed by atoms with van der Waals surface area (Å²) in [6.07, 6.45) is 0.946. The van der Waals surface area contributed by atoms with Crippen LogP contribution < -0.4 is 0 Å². The number of rotatable bonds is 3. The zero-order chi connectivity index (χ0) is 8.43. The number of amides is 1. The van der Waals surface area contributed by atoms with Gasteiger partial charge in [-0.25, -0.2) is 9.68 Å². The van der Waals surface area contributed by atoms with Crippen LogP contribution in [0.15, 0.2) is 0 Å². The first-order valence-electron chi connectivity index (χ1n) is 3.63. The third kappa shape index (κ3) is 1.70. The highest BCUT2D eigenvalue weighted by Gasteiger charge is 2.42. The van der Waals surface area contributed by atoms with Crippen LogP contribution in [-0.4, -0.2) is 25.4 Å². The topological polar surface area (TPSA) is 38.8 Å². The molecule has 0 unspecified atom stereocenters. The van der Waals surface area contributed by atoms with E-state index in [2.05, 4.69) is 9.68 Å². The second-order valence-electron chi connectivity index (χ2n) is 2.78. The van der Waals surface area contributed by atoms with Crippen molar-refractivity contribution in [2.24, 2.45) is 11.8 Å². The Kier molecular flexibility index (Phi) is 2.46. The van der Waals surface area contributed by atoms with E-state index in [-0.39, 0.29) is 11.8 Å². The van der Waals surface area contributed by atoms with Gasteiger partial charge in [0, 0.05) is 5.92 Å². The molecule has 0 bridgehead atoms. The molecule has 2 atom stereocenters. The van der Waals surface area contributed by atoms with Gasteiger partial charge in [0.2, 0.25) is 0 Å². The quantitative estimate of drug-likeness (QED) is 0.566. The Morgan fingerprint density at radius 2 is 1.91 bits per heavy atom. The second-order valence-corrected chi connectivity index (χ2v) is 2.78. The van der Waals surface area contributed by atoms with Crippen LogP contribution in [0.2, 0.25) is 0 Å². The molecule has 1 rings (SSSR count). The number of hydrogen-bond acceptors (Lipinski definition) is 3. The minimum Gasteiger partial charge on any atom is -0.270 e. The van der Waals surface area contributed by atoms with Gasteiger partial charge < -0.3 is 0 Å². The number of carbonyl (C=O) groups is 1. The molecule has 0 aromatic rings. The van der Waals surface area contributed by atoms with Crippen molar-refractivity contribution in [2.75, 3.05) is 14.2 Å². The summed E-state index contributed by atoms with van der Waals surface area (Å²) in [5.74, 6) is 0.507. The zero-order valence-electron chi connectivity index (χ0n) is 7.03. The van der Waals surface area contributed by atoms with Crippen LogP contribution in [0.4, 0.5) is 0 Å². The van der Waals surface area contributed by atoms with Crippen molar-refractivity contribution in [2.45, 2.75) is 13.3 Å². The van der Waals surface area contributed by atoms with Gasteiger partial charge in [0.15, 0.2) is 0 Å². The maximum Gasteiger partial charge on any atom is 0.276 e. The largest absolute Gasteiger partial charge is 0.276 e. The SMILES string of the molecule is CON(OC)C(=O)[C@@H]1C[C@H]1C. The molecule has 0 heterocycles. The highest BCUT2D eigenvalue weighted by Crippen LogP contribution is 2.39. The summed E-state index contributed by atoms with van der Waals surface area (Å²) in [4.78, 5) is 20.6. The van der Waals surface area contributed by atoms with E-state index in [0.29, 0.717) is 5.92 Å². The summed E-state index contributed by atoms with van der Waals surface area (Å²) in [6.45, 7) is 2.03. The molecule has 0 aliphatic heterocycles. The van der Waals surface area contributed by atoms with Crippen molar-refractivity contribution >= 4 is 5.91 Å². The van der Waals surface area contributed by atoms with Gasteiger partial charge in [0.1, 0.15) is 0 Å². The van der Waals surface area contributed by atoms with Crippen LogP contribution in [0.5, 0.6) is 0 Å². The van der Waals surface area contributed by atoms with Gasteiger partial charge in [-0.15, -0.1) is 0 Å². The highest BCUT2D eigenvalue weighted by atomic mass is 16.9. The summed E-state index contributed by atoms with van der Waals surface area (Å²) < 4.78 is 0. The lowest BCUT2D eigenvalue weighted by Gasteiger charge is -2.15. The normalized spacial score (nSPS) is 28.3. The first-order chi connectivity index (χ1) is 5.20. The van der Waals surface area contributed by atoms with Crippen molar-refractivity contribution in [1.82, 2.24) is 5.23 Å². The standard InChI is InChI=1S/C7H13NO3/c1-5-4-6(5)7(9)8(10-2)11-3/h5-6H,4H2,1-3H3/t5-,6-/m1/s1. The molecular weight excluding hydrogens is 146 g/mol. The average Bonchev–Trinajstić information content (AvgIpc) is 2.69. The fourth-order valence-corrected chi connectivity index (χ4v) is 1.06. The third-order valence-electron chi connectivity index (χ3n) is 1.94. The first-order valence-corrected chi connectivity index (χ1v) is 3.63. The molecule has 1 amide bonds. The van der Waals surface area contributed by atoms with Crippen molar-refractivity contribution in [3.63, 3.8) is 0 Å². The van der Waals surface area contributed by atoms with E-state index >= 15 is 0 Å². The number of hydrogen-bond donors (Lipinski definition) is 0. The van der Waals surface area contributed by atoms with Crippen LogP contribution in [0.3, 0.4) is 0 Å². The second kappa shape index (κ2) is 3.19. The number of hydroxylamine groups is 2. The smallest absolute Gasteiger partial charge is 0.270 e. The highest BCUT2D eigenvalue weighted by molar-refractivity contribution is 5.79. The van der Waals surface area contributed by atoms with E-state index in [9.17, 15) is 4.79 Å². The Labute approximate surface area is 66.0 Å². The Hall–Kier alpha value is -0.610. The Morgan fingerprint density at radius 1 is 1.45 bits per heavy atom. The van der Waals surface area contributed by atoms with Gasteiger partial charge >= 0.3 is 0 Å². The molecule has 11 heavy (non-hydrogen) atoms. The van der Waals surface area contributed by atoms with E-state index in [4.69, 9.17) is 0 Å². The molecule has 1 aliphatic rings. The number of carbonyl (C=O) groups excluding carboxylic acids is 1. The Balaban J connectivity index is 2.39. The summed E-state index contributed by atoms with van der Waals surface area (Å²) in [5, 5.41) is 0.925. The van der Waals surface area contributed by atoms with Crippen LogP contribution in [-0.2, 0) is 14.5 Å². The molecule has 64 valence electrons. The molecule has 0 N–H and O–H groups in total. The Morgan fingerprint density at radius 3 is 2.18 bits per heavy atom. The van der Waals surface area contributed by atoms with Crippen molar-refractivity contribution in [1.29, 1.82) is 0 Å². The van der Waals surface area contributed by atoms with E-state index in [1.165, 1.54) is 14.2 Å². The molecule has 1 saturated carbocycles. The predicted octanol–water partition coefficient (Wildman–Crippen LogP) is 0.594. The van der Waals surface area contributed by atoms with Crippen LogP contribution in [0.25, 0.3) is 0 Å². The third-order valence-corrected chi connectivity index (χ3v) is 1.94. The summed E-state index contributed by atoms with van der Waals surface area (Å²) in [5.41, 5.74) is 0. The van der Waals surface area contributed by atoms with Gasteiger partial charge in [-0.1, -0.05) is 12.2 Å². The van der Waals surface area contributed by atoms with E-state index in [0.717, 1.165) is 11.6 Å². The molecular formula is C7H13NO3. The average molecular weight is 159 g/mol. The lowest BCUT2D eigenvalue weighted by Crippen LogP contribution is -2.30. The predicted molar refractivity (Wildman–Crippen MR) is 38.1 cm³/mol. The van der Waals surface area contributed by atoms with Gasteiger partial charge in [-0.2, -0.15) is 0 Å². The fourth-order valence-electron chi connectivity index (χ4n) is 1.06. The molecule has 0 aromatic carbocycles. The van der Waals surface area contributed by atoms with Crippen LogP contribution in [0.1, 0.15) is 13.3 Å². The monoisotopic (exact) mass is 159 g/mol. The van der Waals surface area contributed by atoms with E-state index in [1.54, 1.807) is 0 Å². The van der Waals surface area contributed by atoms with Crippen LogP contribution >= 0.6 is 0 Å². The van der Waals surface area contributed by atoms with Gasteiger partial charge in [-0.3, -0.25) is 4.79 Å². The lowest BCUT2D eigenvalue weighted by molar-refractivity contribution is -0.318. The van der Waals surface area contributed by atoms with E-state index < -0.39 is 0 Å². The molecule has 0 saturated heterocycles. The molecule has 0 aromatic heterocycles. The molecule has 1 aliphatic carbocycles. The van der Waals surface area contributed by atoms with Gasteiger partial charge in [0.05, 0.1) is 14.2 Å². The summed E-state index contributed by atoms with van der Waals surface area (Å²) in [6, 6.07) is 0. The van der Waals surface area contributed by atoms with Crippen molar-refractivity contribution < 1.29 is 14.5 Å². The molecule has 0 spiro atoms. The molecule has 1 fully saturated rings. The van der Waals surface area contributed by atoms with Crippen molar-refractivity contribution in [3.8, 4) is 0 Å². The summed E-state index contributed by atoms with van der Waals surface area (Å²) in [7, 11) is 2.82. The fraction of sp³-hybridized carbons (Fsp3) is 0.857. The molecule has 4 heteroatoms. The van der Waals surface area contributed by atoms with Gasteiger partial charge in [0.25, 0.3) is 5.91 Å². The number of nitrogens with zero attached hydrogens (tertiary/aromatic N) is 1. The maximum absolute atomic E-state index is 11.3. The zero-order valence-corrected chi connectivity index (χ0v) is 7.03. The van der Waals surface area contributed by atoms with Crippen LogP contribution in [0, 0.1) is 11.8 Å². The molecule has 0 radical (unpaired) electrons. The lowest BCUT2D eigenvalue weighted by atomic mass is 10.3. The van der Waals surface area contributed by atoms with E-state index in [1.807, 2.05) is 6.92 Å². The van der Waals surface area contributed by atoms with Gasteiger partial charge in [-0.05, 0) is 12.3 Å². The van der Waals surface area contributed by atoms with Crippen molar-refractivity contribution in [3.05, 3.63) is 0 Å². The minimum absolute atomic E-state index is 0.0810. The Bertz CT molecular complexity index is 156.